The summed E-state index contributed by atoms with van der Waals surface area (Å²) in [5, 5.41) is 1.16. The summed E-state index contributed by atoms with van der Waals surface area (Å²) in [4.78, 5) is 13.8. The van der Waals surface area contributed by atoms with E-state index in [9.17, 15) is 4.79 Å². The predicted molar refractivity (Wildman–Crippen MR) is 59.5 cm³/mol. The highest BCUT2D eigenvalue weighted by atomic mass is 16.1. The van der Waals surface area contributed by atoms with Crippen LogP contribution >= 0.6 is 0 Å². The standard InChI is InChI=1S/C12H12N2O/c1-9-11(7-13-8-15)10-5-3-4-6-12(10)14(9)2/h3-6H,7H2,1-2H3. The van der Waals surface area contributed by atoms with Crippen molar-refractivity contribution in [3.05, 3.63) is 35.5 Å². The van der Waals surface area contributed by atoms with Crippen molar-refractivity contribution in [2.75, 3.05) is 0 Å². The van der Waals surface area contributed by atoms with Crippen LogP contribution in [0.4, 0.5) is 0 Å². The number of aromatic nitrogens is 1. The summed E-state index contributed by atoms with van der Waals surface area (Å²) in [6.07, 6.45) is 1.58. The van der Waals surface area contributed by atoms with Gasteiger partial charge in [0, 0.05) is 29.2 Å². The number of rotatable bonds is 2. The molecule has 0 saturated heterocycles. The third kappa shape index (κ3) is 1.47. The lowest BCUT2D eigenvalue weighted by Crippen LogP contribution is -1.91. The minimum absolute atomic E-state index is 0.413. The van der Waals surface area contributed by atoms with Crippen molar-refractivity contribution in [2.45, 2.75) is 13.5 Å². The molecule has 0 aliphatic carbocycles. The van der Waals surface area contributed by atoms with Crippen molar-refractivity contribution in [1.82, 2.24) is 4.57 Å². The molecule has 0 atom stereocenters. The number of isocyanates is 1. The van der Waals surface area contributed by atoms with Gasteiger partial charge < -0.3 is 4.57 Å². The quantitative estimate of drug-likeness (QED) is 0.541. The lowest BCUT2D eigenvalue weighted by molar-refractivity contribution is 0.563. The van der Waals surface area contributed by atoms with Gasteiger partial charge in [0.1, 0.15) is 0 Å². The van der Waals surface area contributed by atoms with Crippen molar-refractivity contribution in [2.24, 2.45) is 12.0 Å². The molecule has 0 aliphatic heterocycles. The number of carbonyl (C=O) groups excluding carboxylic acids is 1. The van der Waals surface area contributed by atoms with Crippen LogP contribution in [0.15, 0.2) is 29.3 Å². The summed E-state index contributed by atoms with van der Waals surface area (Å²) in [6, 6.07) is 8.12. The highest BCUT2D eigenvalue weighted by molar-refractivity contribution is 5.85. The van der Waals surface area contributed by atoms with E-state index >= 15 is 0 Å². The molecule has 0 saturated carbocycles. The van der Waals surface area contributed by atoms with Gasteiger partial charge in [-0.1, -0.05) is 18.2 Å². The molecule has 76 valence electrons. The molecule has 0 aliphatic rings. The minimum atomic E-state index is 0.413. The Hall–Kier alpha value is -1.86. The molecule has 1 aromatic heterocycles. The number of hydrogen-bond donors (Lipinski definition) is 0. The molecule has 2 rings (SSSR count). The fourth-order valence-electron chi connectivity index (χ4n) is 1.91. The molecule has 0 radical (unpaired) electrons. The summed E-state index contributed by atoms with van der Waals surface area (Å²) in [5.41, 5.74) is 3.43. The SMILES string of the molecule is Cc1c(CN=C=O)c2ccccc2n1C. The molecule has 0 bridgehead atoms. The van der Waals surface area contributed by atoms with Gasteiger partial charge in [-0.3, -0.25) is 0 Å². The van der Waals surface area contributed by atoms with Crippen molar-refractivity contribution < 1.29 is 4.79 Å². The number of fused-ring (bicyclic) bond motifs is 1. The van der Waals surface area contributed by atoms with Crippen LogP contribution in [0.5, 0.6) is 0 Å². The van der Waals surface area contributed by atoms with Gasteiger partial charge in [0.2, 0.25) is 6.08 Å². The van der Waals surface area contributed by atoms with E-state index in [1.54, 1.807) is 6.08 Å². The second kappa shape index (κ2) is 3.71. The van der Waals surface area contributed by atoms with Gasteiger partial charge in [0.05, 0.1) is 6.54 Å². The lowest BCUT2D eigenvalue weighted by atomic mass is 10.1. The molecule has 2 aromatic rings. The molecule has 3 nitrogen and oxygen atoms in total. The Morgan fingerprint density at radius 3 is 2.87 bits per heavy atom. The lowest BCUT2D eigenvalue weighted by Gasteiger charge is -1.97. The zero-order chi connectivity index (χ0) is 10.8. The number of para-hydroxylation sites is 1. The average molecular weight is 200 g/mol. The zero-order valence-electron chi connectivity index (χ0n) is 8.82. The van der Waals surface area contributed by atoms with Crippen LogP contribution in [-0.4, -0.2) is 10.6 Å². The Balaban J connectivity index is 2.71. The van der Waals surface area contributed by atoms with Crippen LogP contribution in [0, 0.1) is 6.92 Å². The number of nitrogens with zero attached hydrogens (tertiary/aromatic N) is 2. The van der Waals surface area contributed by atoms with E-state index in [0.717, 1.165) is 16.6 Å². The first-order chi connectivity index (χ1) is 7.25. The summed E-state index contributed by atoms with van der Waals surface area (Å²) >= 11 is 0. The topological polar surface area (TPSA) is 34.4 Å². The molecule has 0 N–H and O–H groups in total. The monoisotopic (exact) mass is 200 g/mol. The van der Waals surface area contributed by atoms with Crippen LogP contribution in [0.3, 0.4) is 0 Å². The minimum Gasteiger partial charge on any atom is -0.348 e. The molecule has 0 unspecified atom stereocenters. The van der Waals surface area contributed by atoms with Gasteiger partial charge in [-0.15, -0.1) is 0 Å². The van der Waals surface area contributed by atoms with Gasteiger partial charge in [0.25, 0.3) is 0 Å². The molecule has 0 spiro atoms. The van der Waals surface area contributed by atoms with Crippen molar-refractivity contribution in [1.29, 1.82) is 0 Å². The fourth-order valence-corrected chi connectivity index (χ4v) is 1.91. The maximum atomic E-state index is 10.1. The largest absolute Gasteiger partial charge is 0.348 e. The normalized spacial score (nSPS) is 10.3. The van der Waals surface area contributed by atoms with E-state index in [1.165, 1.54) is 5.52 Å². The van der Waals surface area contributed by atoms with Gasteiger partial charge in [0.15, 0.2) is 0 Å². The Labute approximate surface area is 88.0 Å². The second-order valence-electron chi connectivity index (χ2n) is 3.55. The maximum Gasteiger partial charge on any atom is 0.235 e. The molecule has 1 aromatic carbocycles. The highest BCUT2D eigenvalue weighted by Gasteiger charge is 2.09. The summed E-state index contributed by atoms with van der Waals surface area (Å²) in [7, 11) is 2.02. The van der Waals surface area contributed by atoms with Gasteiger partial charge in [-0.25, -0.2) is 9.79 Å². The molecule has 0 amide bonds. The first kappa shape index (κ1) is 9.69. The summed E-state index contributed by atoms with van der Waals surface area (Å²) in [6.45, 7) is 2.45. The second-order valence-corrected chi connectivity index (χ2v) is 3.55. The maximum absolute atomic E-state index is 10.1. The molecule has 0 fully saturated rings. The summed E-state index contributed by atoms with van der Waals surface area (Å²) < 4.78 is 2.12. The zero-order valence-corrected chi connectivity index (χ0v) is 8.82. The third-order valence-corrected chi connectivity index (χ3v) is 2.83. The molecule has 1 heterocycles. The molecular weight excluding hydrogens is 188 g/mol. The third-order valence-electron chi connectivity index (χ3n) is 2.83. The van der Waals surface area contributed by atoms with Crippen LogP contribution in [-0.2, 0) is 18.4 Å². The van der Waals surface area contributed by atoms with Gasteiger partial charge in [-0.2, -0.15) is 0 Å². The van der Waals surface area contributed by atoms with Crippen LogP contribution in [0.1, 0.15) is 11.3 Å². The molecule has 15 heavy (non-hydrogen) atoms. The van der Waals surface area contributed by atoms with Gasteiger partial charge >= 0.3 is 0 Å². The Kier molecular flexibility index (Phi) is 2.40. The van der Waals surface area contributed by atoms with E-state index in [4.69, 9.17) is 0 Å². The Morgan fingerprint density at radius 1 is 1.40 bits per heavy atom. The number of benzene rings is 1. The highest BCUT2D eigenvalue weighted by Crippen LogP contribution is 2.24. The molecular formula is C12H12N2O. The number of aryl methyl sites for hydroxylation is 1. The number of hydrogen-bond acceptors (Lipinski definition) is 2. The summed E-state index contributed by atoms with van der Waals surface area (Å²) in [5.74, 6) is 0. The van der Waals surface area contributed by atoms with Crippen molar-refractivity contribution >= 4 is 17.0 Å². The average Bonchev–Trinajstić information content (AvgIpc) is 2.51. The fraction of sp³-hybridized carbons (Fsp3) is 0.250. The van der Waals surface area contributed by atoms with Crippen molar-refractivity contribution in [3.8, 4) is 0 Å². The van der Waals surface area contributed by atoms with E-state index in [0.29, 0.717) is 6.54 Å². The van der Waals surface area contributed by atoms with E-state index in [-0.39, 0.29) is 0 Å². The van der Waals surface area contributed by atoms with Crippen LogP contribution in [0.2, 0.25) is 0 Å². The van der Waals surface area contributed by atoms with E-state index in [1.807, 2.05) is 26.1 Å². The van der Waals surface area contributed by atoms with Crippen molar-refractivity contribution in [3.63, 3.8) is 0 Å². The van der Waals surface area contributed by atoms with Crippen LogP contribution < -0.4 is 0 Å². The van der Waals surface area contributed by atoms with E-state index < -0.39 is 0 Å². The predicted octanol–water partition coefficient (Wildman–Crippen LogP) is 2.32. The smallest absolute Gasteiger partial charge is 0.235 e. The first-order valence-electron chi connectivity index (χ1n) is 4.82. The number of aliphatic imine (C=N–C) groups is 1. The Morgan fingerprint density at radius 2 is 2.13 bits per heavy atom. The molecule has 3 heteroatoms. The van der Waals surface area contributed by atoms with Crippen LogP contribution in [0.25, 0.3) is 10.9 Å². The van der Waals surface area contributed by atoms with Gasteiger partial charge in [-0.05, 0) is 13.0 Å². The Bertz CT molecular complexity index is 548. The van der Waals surface area contributed by atoms with E-state index in [2.05, 4.69) is 21.7 Å². The first-order valence-corrected chi connectivity index (χ1v) is 4.82.